The van der Waals surface area contributed by atoms with Gasteiger partial charge in [0.05, 0.1) is 11.6 Å². The first-order valence-corrected chi connectivity index (χ1v) is 6.27. The SMILES string of the molecule is Cc1cc(C#N)ccc1N1CCC(C)(C)CC1. The highest BCUT2D eigenvalue weighted by molar-refractivity contribution is 5.56. The standard InChI is InChI=1S/C15H20N2/c1-12-10-13(11-16)4-5-14(12)17-8-6-15(2,3)7-9-17/h4-5,10H,6-9H2,1-3H3. The fourth-order valence-corrected chi connectivity index (χ4v) is 2.43. The summed E-state index contributed by atoms with van der Waals surface area (Å²) in [5.41, 5.74) is 3.74. The molecule has 17 heavy (non-hydrogen) atoms. The van der Waals surface area contributed by atoms with Crippen LogP contribution in [0.5, 0.6) is 0 Å². The van der Waals surface area contributed by atoms with E-state index in [-0.39, 0.29) is 0 Å². The van der Waals surface area contributed by atoms with Crippen LogP contribution in [-0.2, 0) is 0 Å². The molecule has 1 fully saturated rings. The van der Waals surface area contributed by atoms with Gasteiger partial charge >= 0.3 is 0 Å². The van der Waals surface area contributed by atoms with E-state index < -0.39 is 0 Å². The van der Waals surface area contributed by atoms with Gasteiger partial charge < -0.3 is 4.90 Å². The second-order valence-electron chi connectivity index (χ2n) is 5.76. The van der Waals surface area contributed by atoms with Crippen molar-refractivity contribution in [2.45, 2.75) is 33.6 Å². The molecule has 1 saturated heterocycles. The van der Waals surface area contributed by atoms with Gasteiger partial charge in [-0.05, 0) is 48.9 Å². The molecule has 2 rings (SSSR count). The number of anilines is 1. The molecule has 1 aliphatic heterocycles. The molecule has 2 heteroatoms. The van der Waals surface area contributed by atoms with E-state index in [0.29, 0.717) is 5.41 Å². The molecule has 1 aromatic rings. The van der Waals surface area contributed by atoms with Crippen LogP contribution in [0, 0.1) is 23.7 Å². The minimum Gasteiger partial charge on any atom is -0.371 e. The molecule has 1 aliphatic rings. The molecule has 0 bridgehead atoms. The lowest BCUT2D eigenvalue weighted by molar-refractivity contribution is 0.279. The lowest BCUT2D eigenvalue weighted by Crippen LogP contribution is -2.37. The summed E-state index contributed by atoms with van der Waals surface area (Å²) in [6, 6.07) is 8.18. The highest BCUT2D eigenvalue weighted by atomic mass is 15.1. The summed E-state index contributed by atoms with van der Waals surface area (Å²) in [6.45, 7) is 9.03. The molecular formula is C15H20N2. The maximum absolute atomic E-state index is 8.87. The second-order valence-corrected chi connectivity index (χ2v) is 5.76. The largest absolute Gasteiger partial charge is 0.371 e. The number of nitriles is 1. The minimum absolute atomic E-state index is 0.483. The van der Waals surface area contributed by atoms with Crippen LogP contribution < -0.4 is 4.90 Å². The van der Waals surface area contributed by atoms with Crippen LogP contribution in [0.15, 0.2) is 18.2 Å². The molecule has 90 valence electrons. The highest BCUT2D eigenvalue weighted by Crippen LogP contribution is 2.33. The van der Waals surface area contributed by atoms with Crippen molar-refractivity contribution in [2.24, 2.45) is 5.41 Å². The Labute approximate surface area is 104 Å². The van der Waals surface area contributed by atoms with Gasteiger partial charge in [-0.25, -0.2) is 0 Å². The van der Waals surface area contributed by atoms with Crippen molar-refractivity contribution in [3.05, 3.63) is 29.3 Å². The summed E-state index contributed by atoms with van der Waals surface area (Å²) < 4.78 is 0. The van der Waals surface area contributed by atoms with Crippen molar-refractivity contribution in [1.82, 2.24) is 0 Å². The first-order chi connectivity index (χ1) is 8.02. The summed E-state index contributed by atoms with van der Waals surface area (Å²) in [7, 11) is 0. The van der Waals surface area contributed by atoms with Gasteiger partial charge in [-0.15, -0.1) is 0 Å². The third-order valence-electron chi connectivity index (χ3n) is 3.78. The zero-order valence-electron chi connectivity index (χ0n) is 11.0. The number of benzene rings is 1. The van der Waals surface area contributed by atoms with E-state index in [0.717, 1.165) is 18.7 Å². The number of nitrogens with zero attached hydrogens (tertiary/aromatic N) is 2. The van der Waals surface area contributed by atoms with Crippen LogP contribution in [0.4, 0.5) is 5.69 Å². The summed E-state index contributed by atoms with van der Waals surface area (Å²) in [6.07, 6.45) is 2.49. The Morgan fingerprint density at radius 3 is 2.41 bits per heavy atom. The number of aryl methyl sites for hydroxylation is 1. The van der Waals surface area contributed by atoms with E-state index in [1.165, 1.54) is 24.1 Å². The van der Waals surface area contributed by atoms with Crippen LogP contribution in [0.3, 0.4) is 0 Å². The Hall–Kier alpha value is -1.49. The Bertz CT molecular complexity index is 444. The van der Waals surface area contributed by atoms with Crippen molar-refractivity contribution < 1.29 is 0 Å². The Kier molecular flexibility index (Phi) is 3.11. The maximum Gasteiger partial charge on any atom is 0.0991 e. The van der Waals surface area contributed by atoms with E-state index in [1.807, 2.05) is 12.1 Å². The van der Waals surface area contributed by atoms with Gasteiger partial charge in [0.1, 0.15) is 0 Å². The van der Waals surface area contributed by atoms with Crippen LogP contribution in [0.1, 0.15) is 37.8 Å². The van der Waals surface area contributed by atoms with E-state index in [4.69, 9.17) is 5.26 Å². The molecule has 0 saturated carbocycles. The van der Waals surface area contributed by atoms with E-state index in [9.17, 15) is 0 Å². The summed E-state index contributed by atoms with van der Waals surface area (Å²) in [5.74, 6) is 0. The average Bonchev–Trinajstić information content (AvgIpc) is 2.29. The molecule has 0 aliphatic carbocycles. The number of rotatable bonds is 1. The van der Waals surface area contributed by atoms with E-state index >= 15 is 0 Å². The molecule has 2 nitrogen and oxygen atoms in total. The predicted octanol–water partition coefficient (Wildman–Crippen LogP) is 3.49. The van der Waals surface area contributed by atoms with Crippen molar-refractivity contribution in [1.29, 1.82) is 5.26 Å². The van der Waals surface area contributed by atoms with Crippen LogP contribution >= 0.6 is 0 Å². The molecule has 0 atom stereocenters. The Balaban J connectivity index is 2.17. The molecule has 1 heterocycles. The molecule has 0 radical (unpaired) electrons. The van der Waals surface area contributed by atoms with Gasteiger partial charge in [0.25, 0.3) is 0 Å². The van der Waals surface area contributed by atoms with Crippen molar-refractivity contribution in [3.8, 4) is 6.07 Å². The van der Waals surface area contributed by atoms with Crippen LogP contribution in [-0.4, -0.2) is 13.1 Å². The summed E-state index contributed by atoms with van der Waals surface area (Å²) in [4.78, 5) is 2.45. The zero-order valence-corrected chi connectivity index (χ0v) is 11.0. The van der Waals surface area contributed by atoms with Crippen molar-refractivity contribution >= 4 is 5.69 Å². The van der Waals surface area contributed by atoms with E-state index in [1.54, 1.807) is 0 Å². The maximum atomic E-state index is 8.87. The van der Waals surface area contributed by atoms with Gasteiger partial charge in [0.2, 0.25) is 0 Å². The number of piperidine rings is 1. The molecular weight excluding hydrogens is 208 g/mol. The van der Waals surface area contributed by atoms with Gasteiger partial charge in [-0.3, -0.25) is 0 Å². The number of hydrogen-bond donors (Lipinski definition) is 0. The highest BCUT2D eigenvalue weighted by Gasteiger charge is 2.25. The third kappa shape index (κ3) is 2.61. The van der Waals surface area contributed by atoms with Crippen molar-refractivity contribution in [2.75, 3.05) is 18.0 Å². The molecule has 0 amide bonds. The Morgan fingerprint density at radius 1 is 1.24 bits per heavy atom. The first-order valence-electron chi connectivity index (χ1n) is 6.27. The van der Waals surface area contributed by atoms with Crippen LogP contribution in [0.2, 0.25) is 0 Å². The monoisotopic (exact) mass is 228 g/mol. The smallest absolute Gasteiger partial charge is 0.0991 e. The topological polar surface area (TPSA) is 27.0 Å². The lowest BCUT2D eigenvalue weighted by atomic mass is 9.82. The minimum atomic E-state index is 0.483. The summed E-state index contributed by atoms with van der Waals surface area (Å²) in [5, 5.41) is 8.87. The molecule has 0 N–H and O–H groups in total. The molecule has 1 aromatic carbocycles. The van der Waals surface area contributed by atoms with Crippen LogP contribution in [0.25, 0.3) is 0 Å². The predicted molar refractivity (Wildman–Crippen MR) is 71.1 cm³/mol. The number of hydrogen-bond acceptors (Lipinski definition) is 2. The normalized spacial score (nSPS) is 18.8. The molecule has 0 unspecified atom stereocenters. The van der Waals surface area contributed by atoms with Gasteiger partial charge in [0, 0.05) is 18.8 Å². The van der Waals surface area contributed by atoms with Gasteiger partial charge in [-0.2, -0.15) is 5.26 Å². The van der Waals surface area contributed by atoms with Gasteiger partial charge in [0.15, 0.2) is 0 Å². The average molecular weight is 228 g/mol. The fourth-order valence-electron chi connectivity index (χ4n) is 2.43. The van der Waals surface area contributed by atoms with Crippen molar-refractivity contribution in [3.63, 3.8) is 0 Å². The first kappa shape index (κ1) is 12.0. The van der Waals surface area contributed by atoms with Gasteiger partial charge in [-0.1, -0.05) is 13.8 Å². The molecule has 0 spiro atoms. The molecule has 0 aromatic heterocycles. The Morgan fingerprint density at radius 2 is 1.88 bits per heavy atom. The summed E-state index contributed by atoms with van der Waals surface area (Å²) >= 11 is 0. The quantitative estimate of drug-likeness (QED) is 0.735. The van der Waals surface area contributed by atoms with E-state index in [2.05, 4.69) is 37.8 Å². The second kappa shape index (κ2) is 4.41. The lowest BCUT2D eigenvalue weighted by Gasteiger charge is -2.38. The fraction of sp³-hybridized carbons (Fsp3) is 0.533. The zero-order chi connectivity index (χ0) is 12.5. The third-order valence-corrected chi connectivity index (χ3v) is 3.78.